The molecule has 4 amide bonds. The van der Waals surface area contributed by atoms with Crippen LogP contribution in [0.1, 0.15) is 5.56 Å². The van der Waals surface area contributed by atoms with Crippen molar-refractivity contribution in [1.82, 2.24) is 5.32 Å². The molecule has 3 N–H and O–H groups in total. The smallest absolute Gasteiger partial charge is 0.326 e. The summed E-state index contributed by atoms with van der Waals surface area (Å²) in [6.45, 7) is 2.48. The van der Waals surface area contributed by atoms with Crippen LogP contribution in [0.3, 0.4) is 0 Å². The van der Waals surface area contributed by atoms with E-state index in [1.165, 1.54) is 0 Å². The highest BCUT2D eigenvalue weighted by Gasteiger charge is 2.17. The third-order valence-electron chi connectivity index (χ3n) is 6.33. The predicted molar refractivity (Wildman–Crippen MR) is 161 cm³/mol. The van der Waals surface area contributed by atoms with Gasteiger partial charge in [0.1, 0.15) is 11.5 Å². The minimum Gasteiger partial charge on any atom is -0.457 e. The van der Waals surface area contributed by atoms with Crippen molar-refractivity contribution in [3.05, 3.63) is 127 Å². The van der Waals surface area contributed by atoms with Crippen LogP contribution in [0.25, 0.3) is 10.8 Å². The maximum absolute atomic E-state index is 13.3. The monoisotopic (exact) mass is 530 g/mol. The average molecular weight is 531 g/mol. The van der Waals surface area contributed by atoms with Crippen molar-refractivity contribution in [2.45, 2.75) is 6.92 Å². The van der Waals surface area contributed by atoms with Crippen LogP contribution >= 0.6 is 0 Å². The number of hydrogen-bond acceptors (Lipinski definition) is 3. The van der Waals surface area contributed by atoms with Gasteiger partial charge in [-0.15, -0.1) is 0 Å². The molecule has 0 aliphatic rings. The number of nitrogens with one attached hydrogen (secondary N) is 3. The zero-order chi connectivity index (χ0) is 27.7. The Balaban J connectivity index is 1.26. The molecule has 0 saturated heterocycles. The molecule has 0 saturated carbocycles. The van der Waals surface area contributed by atoms with E-state index in [1.54, 1.807) is 4.90 Å². The summed E-state index contributed by atoms with van der Waals surface area (Å²) in [4.78, 5) is 27.7. The zero-order valence-electron chi connectivity index (χ0n) is 22.1. The maximum Gasteiger partial charge on any atom is 0.326 e. The van der Waals surface area contributed by atoms with Gasteiger partial charge < -0.3 is 20.7 Å². The molecule has 0 radical (unpaired) electrons. The molecule has 5 aromatic rings. The van der Waals surface area contributed by atoms with Crippen LogP contribution in [0.2, 0.25) is 0 Å². The van der Waals surface area contributed by atoms with Gasteiger partial charge in [-0.2, -0.15) is 0 Å². The molecule has 0 unspecified atom stereocenters. The van der Waals surface area contributed by atoms with Crippen molar-refractivity contribution in [3.63, 3.8) is 0 Å². The lowest BCUT2D eigenvalue weighted by atomic mass is 10.1. The van der Waals surface area contributed by atoms with Crippen molar-refractivity contribution < 1.29 is 14.3 Å². The van der Waals surface area contributed by atoms with Gasteiger partial charge in [0.2, 0.25) is 0 Å². The van der Waals surface area contributed by atoms with E-state index in [1.807, 2.05) is 128 Å². The Morgan fingerprint density at radius 3 is 2.15 bits per heavy atom. The minimum atomic E-state index is -0.346. The summed E-state index contributed by atoms with van der Waals surface area (Å²) in [5.41, 5.74) is 3.18. The Hall–Kier alpha value is -5.30. The Kier molecular flexibility index (Phi) is 8.22. The quantitative estimate of drug-likeness (QED) is 0.191. The number of benzene rings is 5. The number of fused-ring (bicyclic) bond motifs is 1. The number of nitrogens with zero attached hydrogens (tertiary/aromatic N) is 1. The molecule has 7 heteroatoms. The number of carbonyl (C=O) groups is 2. The van der Waals surface area contributed by atoms with Gasteiger partial charge in [0.05, 0.1) is 5.69 Å². The van der Waals surface area contributed by atoms with Crippen LogP contribution in [-0.4, -0.2) is 25.2 Å². The summed E-state index contributed by atoms with van der Waals surface area (Å²) in [6.07, 6.45) is 0. The summed E-state index contributed by atoms with van der Waals surface area (Å²) in [5, 5.41) is 10.7. The first-order valence-corrected chi connectivity index (χ1v) is 13.1. The molecule has 0 aromatic heterocycles. The van der Waals surface area contributed by atoms with Crippen LogP contribution in [0.5, 0.6) is 11.5 Å². The van der Waals surface area contributed by atoms with Crippen LogP contribution in [0, 0.1) is 6.92 Å². The van der Waals surface area contributed by atoms with Crippen LogP contribution in [-0.2, 0) is 0 Å². The number of anilines is 3. The Labute approximate surface area is 233 Å². The molecule has 0 aliphatic heterocycles. The van der Waals surface area contributed by atoms with Crippen molar-refractivity contribution in [2.24, 2.45) is 0 Å². The normalized spacial score (nSPS) is 10.5. The lowest BCUT2D eigenvalue weighted by Crippen LogP contribution is -2.42. The topological polar surface area (TPSA) is 82.7 Å². The summed E-state index contributed by atoms with van der Waals surface area (Å²) in [5.74, 6) is 1.38. The first kappa shape index (κ1) is 26.3. The molecule has 0 spiro atoms. The lowest BCUT2D eigenvalue weighted by Gasteiger charge is -2.24. The minimum absolute atomic E-state index is 0.236. The number of urea groups is 2. The fourth-order valence-electron chi connectivity index (χ4n) is 4.28. The second kappa shape index (κ2) is 12.5. The van der Waals surface area contributed by atoms with Gasteiger partial charge in [-0.1, -0.05) is 72.3 Å². The molecular weight excluding hydrogens is 500 g/mol. The number of aryl methyl sites for hydroxylation is 1. The van der Waals surface area contributed by atoms with Crippen molar-refractivity contribution in [2.75, 3.05) is 28.6 Å². The highest BCUT2D eigenvalue weighted by Crippen LogP contribution is 2.25. The number of carbonyl (C=O) groups excluding carboxylic acids is 2. The van der Waals surface area contributed by atoms with E-state index >= 15 is 0 Å². The van der Waals surface area contributed by atoms with Gasteiger partial charge >= 0.3 is 12.1 Å². The second-order valence-corrected chi connectivity index (χ2v) is 9.26. The van der Waals surface area contributed by atoms with Crippen molar-refractivity contribution in [3.8, 4) is 11.5 Å². The third-order valence-corrected chi connectivity index (χ3v) is 6.33. The first-order valence-electron chi connectivity index (χ1n) is 13.1. The maximum atomic E-state index is 13.3. The molecule has 0 fully saturated rings. The van der Waals surface area contributed by atoms with Crippen LogP contribution in [0.4, 0.5) is 26.7 Å². The molecular formula is C33H30N4O3. The molecule has 5 rings (SSSR count). The van der Waals surface area contributed by atoms with Gasteiger partial charge in [0.15, 0.2) is 0 Å². The summed E-state index contributed by atoms with van der Waals surface area (Å²) in [7, 11) is 0. The van der Waals surface area contributed by atoms with Gasteiger partial charge in [0.25, 0.3) is 0 Å². The van der Waals surface area contributed by atoms with E-state index in [0.717, 1.165) is 27.8 Å². The number of rotatable bonds is 8. The van der Waals surface area contributed by atoms with Gasteiger partial charge in [0, 0.05) is 29.9 Å². The highest BCUT2D eigenvalue weighted by atomic mass is 16.5. The molecule has 200 valence electrons. The van der Waals surface area contributed by atoms with E-state index in [4.69, 9.17) is 4.74 Å². The predicted octanol–water partition coefficient (Wildman–Crippen LogP) is 7.80. The van der Waals surface area contributed by atoms with Gasteiger partial charge in [-0.25, -0.2) is 9.59 Å². The molecule has 0 atom stereocenters. The van der Waals surface area contributed by atoms with E-state index in [2.05, 4.69) is 16.0 Å². The van der Waals surface area contributed by atoms with Gasteiger partial charge in [-0.05, 0) is 66.9 Å². The van der Waals surface area contributed by atoms with E-state index < -0.39 is 0 Å². The number of para-hydroxylation sites is 1. The molecule has 0 heterocycles. The summed E-state index contributed by atoms with van der Waals surface area (Å²) < 4.78 is 5.90. The standard InChI is InChI=1S/C33H30N4O3/c1-24-14-16-26(17-15-24)35-33(39)37(27-18-20-29(21-19-27)40-28-10-3-2-4-11-28)23-22-34-32(38)36-31-13-7-9-25-8-5-6-12-30(25)31/h2-21H,22-23H2,1H3,(H,35,39)(H2,34,36,38). The Morgan fingerprint density at radius 2 is 1.38 bits per heavy atom. The Morgan fingerprint density at radius 1 is 0.700 bits per heavy atom. The SMILES string of the molecule is Cc1ccc(NC(=O)N(CCNC(=O)Nc2cccc3ccccc23)c2ccc(Oc3ccccc3)cc2)cc1. The second-order valence-electron chi connectivity index (χ2n) is 9.26. The van der Waals surface area contributed by atoms with E-state index in [0.29, 0.717) is 17.1 Å². The molecule has 7 nitrogen and oxygen atoms in total. The molecule has 0 aliphatic carbocycles. The first-order chi connectivity index (χ1) is 19.5. The number of ether oxygens (including phenoxy) is 1. The molecule has 0 bridgehead atoms. The molecule has 40 heavy (non-hydrogen) atoms. The highest BCUT2D eigenvalue weighted by molar-refractivity contribution is 6.03. The van der Waals surface area contributed by atoms with Crippen molar-refractivity contribution >= 4 is 39.9 Å². The number of hydrogen-bond donors (Lipinski definition) is 3. The average Bonchev–Trinajstić information content (AvgIpc) is 2.98. The fraction of sp³-hybridized carbons (Fsp3) is 0.0909. The Bertz CT molecular complexity index is 1580. The lowest BCUT2D eigenvalue weighted by molar-refractivity contribution is 0.250. The van der Waals surface area contributed by atoms with E-state index in [-0.39, 0.29) is 25.2 Å². The fourth-order valence-corrected chi connectivity index (χ4v) is 4.28. The number of amides is 4. The van der Waals surface area contributed by atoms with Crippen molar-refractivity contribution in [1.29, 1.82) is 0 Å². The third kappa shape index (κ3) is 6.76. The summed E-state index contributed by atoms with van der Waals surface area (Å²) >= 11 is 0. The van der Waals surface area contributed by atoms with Crippen LogP contribution < -0.4 is 25.6 Å². The zero-order valence-corrected chi connectivity index (χ0v) is 22.1. The van der Waals surface area contributed by atoms with Crippen LogP contribution in [0.15, 0.2) is 121 Å². The van der Waals surface area contributed by atoms with E-state index in [9.17, 15) is 9.59 Å². The molecule has 5 aromatic carbocycles. The van der Waals surface area contributed by atoms with Gasteiger partial charge in [-0.3, -0.25) is 4.90 Å². The largest absolute Gasteiger partial charge is 0.457 e. The summed E-state index contributed by atoms with van der Waals surface area (Å²) in [6, 6.07) is 37.3.